The third-order valence-electron chi connectivity index (χ3n) is 1.03. The summed E-state index contributed by atoms with van der Waals surface area (Å²) in [5.74, 6) is 0.354. The summed E-state index contributed by atoms with van der Waals surface area (Å²) < 4.78 is 5.53. The predicted octanol–water partition coefficient (Wildman–Crippen LogP) is 1.63. The molecule has 3 nitrogen and oxygen atoms in total. The Balaban J connectivity index is 2.98. The third-order valence-corrected chi connectivity index (χ3v) is 1.03. The minimum Gasteiger partial charge on any atom is -0.410 e. The molecule has 1 rings (SSSR count). The third kappa shape index (κ3) is 1.16. The molecule has 0 amide bonds. The van der Waals surface area contributed by atoms with Crippen LogP contribution in [0.25, 0.3) is 0 Å². The molecule has 0 N–H and O–H groups in total. The highest BCUT2D eigenvalue weighted by molar-refractivity contribution is 5.19. The van der Waals surface area contributed by atoms with E-state index in [2.05, 4.69) is 0 Å². The maximum absolute atomic E-state index is 10.5. The number of nitrogens with zero attached hydrogens (tertiary/aromatic N) is 1. The van der Waals surface area contributed by atoms with Crippen LogP contribution < -0.4 is 0 Å². The van der Waals surface area contributed by atoms with Crippen LogP contribution >= 0.6 is 0 Å². The molecule has 1 aromatic rings. The van der Waals surface area contributed by atoms with Gasteiger partial charge in [0.1, 0.15) is 6.26 Å². The van der Waals surface area contributed by atoms with E-state index in [1.807, 2.05) is 6.92 Å². The molecular formula is C6H8NO2+. The summed E-state index contributed by atoms with van der Waals surface area (Å²) in [5, 5.41) is 0. The largest absolute Gasteiger partial charge is 0.420 e. The van der Waals surface area contributed by atoms with Gasteiger partial charge in [0.15, 0.2) is 7.05 Å². The Hall–Kier alpha value is -1.12. The first kappa shape index (κ1) is 6.01. The number of furan rings is 1. The Morgan fingerprint density at radius 1 is 1.67 bits per heavy atom. The van der Waals surface area contributed by atoms with Crippen molar-refractivity contribution in [3.05, 3.63) is 22.8 Å². The molecule has 3 heteroatoms. The van der Waals surface area contributed by atoms with E-state index in [4.69, 9.17) is 4.42 Å². The molecule has 0 atom stereocenters. The molecule has 0 aromatic carbocycles. The molecule has 48 valence electrons. The van der Waals surface area contributed by atoms with Crippen molar-refractivity contribution >= 4 is 5.88 Å². The van der Waals surface area contributed by atoms with Crippen LogP contribution in [0.4, 0.5) is 5.88 Å². The van der Waals surface area contributed by atoms with E-state index >= 15 is 0 Å². The lowest BCUT2D eigenvalue weighted by Crippen LogP contribution is -1.85. The summed E-state index contributed by atoms with van der Waals surface area (Å²) in [5.41, 5.74) is 0.965. The zero-order valence-corrected chi connectivity index (χ0v) is 5.42. The van der Waals surface area contributed by atoms with Crippen LogP contribution in [-0.4, -0.2) is 11.8 Å². The molecule has 0 radical (unpaired) electrons. The number of hydrogen-bond donors (Lipinski definition) is 0. The molecule has 0 bridgehead atoms. The van der Waals surface area contributed by atoms with Gasteiger partial charge in [0.05, 0.1) is 10.8 Å². The van der Waals surface area contributed by atoms with E-state index in [0.29, 0.717) is 10.6 Å². The Kier molecular flexibility index (Phi) is 1.34. The van der Waals surface area contributed by atoms with Gasteiger partial charge in [-0.2, -0.15) is 0 Å². The molecular weight excluding hydrogens is 118 g/mol. The van der Waals surface area contributed by atoms with Crippen molar-refractivity contribution in [3.8, 4) is 0 Å². The van der Waals surface area contributed by atoms with Gasteiger partial charge in [-0.05, 0) is 12.5 Å². The number of nitroso groups, excluding NO2 is 1. The number of aryl methyl sites for hydroxylation is 1. The maximum Gasteiger partial charge on any atom is 0.420 e. The van der Waals surface area contributed by atoms with Crippen LogP contribution in [0.1, 0.15) is 5.56 Å². The minimum absolute atomic E-state index is 0.354. The SMILES string of the molecule is Cc1coc([N+](C)=O)c1. The summed E-state index contributed by atoms with van der Waals surface area (Å²) in [4.78, 5) is 10.5. The van der Waals surface area contributed by atoms with Crippen LogP contribution in [0.5, 0.6) is 0 Å². The minimum atomic E-state index is 0.354. The summed E-state index contributed by atoms with van der Waals surface area (Å²) >= 11 is 0. The predicted molar refractivity (Wildman–Crippen MR) is 32.7 cm³/mol. The molecule has 1 heterocycles. The van der Waals surface area contributed by atoms with Crippen LogP contribution in [0.2, 0.25) is 0 Å². The molecule has 0 aliphatic carbocycles. The normalized spacial score (nSPS) is 9.56. The van der Waals surface area contributed by atoms with Crippen molar-refractivity contribution in [1.29, 1.82) is 0 Å². The molecule has 0 saturated heterocycles. The van der Waals surface area contributed by atoms with Gasteiger partial charge in [0, 0.05) is 4.91 Å². The summed E-state index contributed by atoms with van der Waals surface area (Å²) in [7, 11) is 1.40. The molecule has 1 aromatic heterocycles. The average Bonchev–Trinajstić information content (AvgIpc) is 2.14. The molecule has 0 spiro atoms. The molecule has 0 fully saturated rings. The van der Waals surface area contributed by atoms with Crippen LogP contribution in [0.3, 0.4) is 0 Å². The Morgan fingerprint density at radius 3 is 2.56 bits per heavy atom. The van der Waals surface area contributed by atoms with Crippen molar-refractivity contribution in [3.63, 3.8) is 0 Å². The first-order chi connectivity index (χ1) is 4.20. The van der Waals surface area contributed by atoms with Crippen LogP contribution in [-0.2, 0) is 0 Å². The fourth-order valence-corrected chi connectivity index (χ4v) is 0.581. The van der Waals surface area contributed by atoms with Crippen molar-refractivity contribution in [1.82, 2.24) is 0 Å². The lowest BCUT2D eigenvalue weighted by Gasteiger charge is -1.71. The monoisotopic (exact) mass is 126 g/mol. The Labute approximate surface area is 52.9 Å². The second kappa shape index (κ2) is 2.01. The van der Waals surface area contributed by atoms with Crippen LogP contribution in [0, 0.1) is 11.8 Å². The van der Waals surface area contributed by atoms with E-state index < -0.39 is 0 Å². The highest BCUT2D eigenvalue weighted by Crippen LogP contribution is 2.12. The lowest BCUT2D eigenvalue weighted by molar-refractivity contribution is -0.444. The van der Waals surface area contributed by atoms with E-state index in [-0.39, 0.29) is 0 Å². The molecule has 0 unspecified atom stereocenters. The van der Waals surface area contributed by atoms with E-state index in [9.17, 15) is 4.91 Å². The summed E-state index contributed by atoms with van der Waals surface area (Å²) in [6, 6.07) is 1.69. The molecule has 0 aliphatic rings. The van der Waals surface area contributed by atoms with Gasteiger partial charge in [-0.15, -0.1) is 0 Å². The van der Waals surface area contributed by atoms with E-state index in [0.717, 1.165) is 5.56 Å². The van der Waals surface area contributed by atoms with Gasteiger partial charge in [0.2, 0.25) is 0 Å². The van der Waals surface area contributed by atoms with Gasteiger partial charge in [-0.3, -0.25) is 0 Å². The average molecular weight is 126 g/mol. The van der Waals surface area contributed by atoms with Crippen LogP contribution in [0.15, 0.2) is 16.7 Å². The first-order valence-corrected chi connectivity index (χ1v) is 2.66. The second-order valence-corrected chi connectivity index (χ2v) is 1.96. The lowest BCUT2D eigenvalue weighted by atomic mass is 10.4. The van der Waals surface area contributed by atoms with E-state index in [1.165, 1.54) is 7.05 Å². The van der Waals surface area contributed by atoms with Gasteiger partial charge in [-0.1, -0.05) is 0 Å². The second-order valence-electron chi connectivity index (χ2n) is 1.96. The zero-order valence-electron chi connectivity index (χ0n) is 5.42. The van der Waals surface area contributed by atoms with E-state index in [1.54, 1.807) is 12.3 Å². The van der Waals surface area contributed by atoms with Gasteiger partial charge in [-0.25, -0.2) is 0 Å². The van der Waals surface area contributed by atoms with Gasteiger partial charge in [0.25, 0.3) is 0 Å². The van der Waals surface area contributed by atoms with Gasteiger partial charge >= 0.3 is 5.88 Å². The van der Waals surface area contributed by atoms with Crippen molar-refractivity contribution < 1.29 is 9.18 Å². The fourth-order valence-electron chi connectivity index (χ4n) is 0.581. The Morgan fingerprint density at radius 2 is 2.33 bits per heavy atom. The number of hydrogen-bond acceptors (Lipinski definition) is 2. The molecule has 0 saturated carbocycles. The van der Waals surface area contributed by atoms with Crippen molar-refractivity contribution in [2.75, 3.05) is 7.05 Å². The summed E-state index contributed by atoms with van der Waals surface area (Å²) in [6.07, 6.45) is 1.55. The molecule has 0 aliphatic heterocycles. The maximum atomic E-state index is 10.5. The highest BCUT2D eigenvalue weighted by atomic mass is 16.4. The Bertz CT molecular complexity index is 227. The zero-order chi connectivity index (χ0) is 6.85. The van der Waals surface area contributed by atoms with Gasteiger partial charge < -0.3 is 4.42 Å². The number of rotatable bonds is 1. The quantitative estimate of drug-likeness (QED) is 0.536. The van der Waals surface area contributed by atoms with Crippen molar-refractivity contribution in [2.24, 2.45) is 0 Å². The van der Waals surface area contributed by atoms with Crippen molar-refractivity contribution in [2.45, 2.75) is 6.92 Å². The summed E-state index contributed by atoms with van der Waals surface area (Å²) in [6.45, 7) is 1.87. The first-order valence-electron chi connectivity index (χ1n) is 2.66. The smallest absolute Gasteiger partial charge is 0.410 e. The highest BCUT2D eigenvalue weighted by Gasteiger charge is 2.09. The fraction of sp³-hybridized carbons (Fsp3) is 0.333. The topological polar surface area (TPSA) is 33.2 Å². The standard InChI is InChI=1S/C6H8NO2/c1-5-3-6(7(2)8)9-4-5/h3-4H,1-2H3/q+1. The molecule has 9 heavy (non-hydrogen) atoms.